The Hall–Kier alpha value is -3.13. The number of aromatic nitrogens is 2. The molecule has 1 N–H and O–H groups in total. The molecule has 0 saturated carbocycles. The monoisotopic (exact) mass is 440 g/mol. The molecule has 162 valence electrons. The number of hydrogen-bond acceptors (Lipinski definition) is 5. The van der Waals surface area contributed by atoms with Crippen LogP contribution in [0.5, 0.6) is 0 Å². The fourth-order valence-corrected chi connectivity index (χ4v) is 3.61. The molecule has 0 aliphatic carbocycles. The second kappa shape index (κ2) is 9.34. The van der Waals surface area contributed by atoms with Gasteiger partial charge in [0.25, 0.3) is 5.91 Å². The van der Waals surface area contributed by atoms with Crippen LogP contribution in [0.15, 0.2) is 53.9 Å². The van der Waals surface area contributed by atoms with Crippen LogP contribution < -0.4 is 10.2 Å². The van der Waals surface area contributed by atoms with E-state index in [1.807, 2.05) is 52.0 Å². The number of aryl methyl sites for hydroxylation is 1. The SMILES string of the molecule is CCc1ccc([C@H](C(=O)NC(C)(C)C)N(C(=O)c2csnn2)c2cccc(F)c2)cc1. The molecule has 3 aromatic rings. The lowest BCUT2D eigenvalue weighted by atomic mass is 9.99. The molecular weight excluding hydrogens is 415 g/mol. The molecule has 8 heteroatoms. The van der Waals surface area contributed by atoms with Crippen molar-refractivity contribution in [2.75, 3.05) is 4.90 Å². The molecule has 0 unspecified atom stereocenters. The van der Waals surface area contributed by atoms with E-state index in [9.17, 15) is 14.0 Å². The summed E-state index contributed by atoms with van der Waals surface area (Å²) in [5, 5.41) is 8.33. The van der Waals surface area contributed by atoms with Crippen LogP contribution in [0.4, 0.5) is 10.1 Å². The normalized spacial score (nSPS) is 12.3. The predicted molar refractivity (Wildman–Crippen MR) is 120 cm³/mol. The van der Waals surface area contributed by atoms with Crippen LogP contribution in [-0.4, -0.2) is 26.9 Å². The number of carbonyl (C=O) groups excluding carboxylic acids is 2. The summed E-state index contributed by atoms with van der Waals surface area (Å²) in [7, 11) is 0. The summed E-state index contributed by atoms with van der Waals surface area (Å²) in [4.78, 5) is 28.2. The minimum Gasteiger partial charge on any atom is -0.349 e. The number of amides is 2. The van der Waals surface area contributed by atoms with Crippen molar-refractivity contribution in [2.45, 2.75) is 45.7 Å². The maximum Gasteiger partial charge on any atom is 0.280 e. The van der Waals surface area contributed by atoms with Gasteiger partial charge in [-0.2, -0.15) is 0 Å². The van der Waals surface area contributed by atoms with Gasteiger partial charge in [-0.05, 0) is 68.1 Å². The van der Waals surface area contributed by atoms with Crippen LogP contribution in [-0.2, 0) is 11.2 Å². The van der Waals surface area contributed by atoms with Crippen molar-refractivity contribution in [3.63, 3.8) is 0 Å². The van der Waals surface area contributed by atoms with E-state index in [-0.39, 0.29) is 17.3 Å². The van der Waals surface area contributed by atoms with Crippen molar-refractivity contribution < 1.29 is 14.0 Å². The zero-order valence-corrected chi connectivity index (χ0v) is 18.7. The van der Waals surface area contributed by atoms with Gasteiger partial charge in [-0.15, -0.1) is 5.10 Å². The number of rotatable bonds is 6. The predicted octanol–water partition coefficient (Wildman–Crippen LogP) is 4.54. The van der Waals surface area contributed by atoms with Gasteiger partial charge in [0.05, 0.1) is 0 Å². The number of anilines is 1. The van der Waals surface area contributed by atoms with Gasteiger partial charge < -0.3 is 5.32 Å². The van der Waals surface area contributed by atoms with Crippen molar-refractivity contribution in [3.05, 3.63) is 76.5 Å². The molecule has 0 aliphatic heterocycles. The fourth-order valence-electron chi connectivity index (χ4n) is 3.18. The van der Waals surface area contributed by atoms with Gasteiger partial charge in [0.2, 0.25) is 5.91 Å². The van der Waals surface area contributed by atoms with E-state index >= 15 is 0 Å². The molecule has 0 saturated heterocycles. The zero-order valence-electron chi connectivity index (χ0n) is 17.9. The smallest absolute Gasteiger partial charge is 0.280 e. The second-order valence-electron chi connectivity index (χ2n) is 8.18. The highest BCUT2D eigenvalue weighted by Gasteiger charge is 2.36. The van der Waals surface area contributed by atoms with E-state index in [0.717, 1.165) is 23.5 Å². The summed E-state index contributed by atoms with van der Waals surface area (Å²) in [6.45, 7) is 7.62. The Bertz CT molecular complexity index is 1050. The maximum atomic E-state index is 14.1. The number of nitrogens with one attached hydrogen (secondary N) is 1. The Morgan fingerprint density at radius 2 is 1.87 bits per heavy atom. The topological polar surface area (TPSA) is 75.2 Å². The Labute approximate surface area is 185 Å². The Kier molecular flexibility index (Phi) is 6.80. The van der Waals surface area contributed by atoms with E-state index in [2.05, 4.69) is 14.9 Å². The first-order valence-corrected chi connectivity index (χ1v) is 10.8. The Balaban J connectivity index is 2.17. The number of halogens is 1. The van der Waals surface area contributed by atoms with Crippen LogP contribution in [0.2, 0.25) is 0 Å². The molecule has 0 bridgehead atoms. The molecule has 0 aliphatic rings. The second-order valence-corrected chi connectivity index (χ2v) is 8.79. The van der Waals surface area contributed by atoms with Gasteiger partial charge in [0.1, 0.15) is 11.9 Å². The molecule has 0 spiro atoms. The summed E-state index contributed by atoms with van der Waals surface area (Å²) in [6, 6.07) is 12.1. The average molecular weight is 441 g/mol. The van der Waals surface area contributed by atoms with Crippen molar-refractivity contribution >= 4 is 29.0 Å². The van der Waals surface area contributed by atoms with Gasteiger partial charge in [-0.25, -0.2) is 4.39 Å². The van der Waals surface area contributed by atoms with Crippen LogP contribution in [0.1, 0.15) is 55.4 Å². The molecular formula is C23H25FN4O2S. The van der Waals surface area contributed by atoms with Crippen molar-refractivity contribution in [2.24, 2.45) is 0 Å². The molecule has 3 rings (SSSR count). The molecule has 1 heterocycles. The van der Waals surface area contributed by atoms with Gasteiger partial charge in [-0.3, -0.25) is 14.5 Å². The Morgan fingerprint density at radius 1 is 1.16 bits per heavy atom. The minimum absolute atomic E-state index is 0.0907. The van der Waals surface area contributed by atoms with Crippen molar-refractivity contribution in [3.8, 4) is 0 Å². The molecule has 0 fully saturated rings. The summed E-state index contributed by atoms with van der Waals surface area (Å²) >= 11 is 1.03. The highest BCUT2D eigenvalue weighted by atomic mass is 32.1. The highest BCUT2D eigenvalue weighted by molar-refractivity contribution is 7.03. The lowest BCUT2D eigenvalue weighted by molar-refractivity contribution is -0.123. The first-order chi connectivity index (χ1) is 14.7. The summed E-state index contributed by atoms with van der Waals surface area (Å²) in [6.07, 6.45) is 0.843. The quantitative estimate of drug-likeness (QED) is 0.611. The van der Waals surface area contributed by atoms with Crippen LogP contribution >= 0.6 is 11.5 Å². The van der Waals surface area contributed by atoms with E-state index in [0.29, 0.717) is 5.56 Å². The summed E-state index contributed by atoms with van der Waals surface area (Å²) < 4.78 is 17.9. The molecule has 1 atom stereocenters. The van der Waals surface area contributed by atoms with Crippen LogP contribution in [0.3, 0.4) is 0 Å². The van der Waals surface area contributed by atoms with E-state index in [1.54, 1.807) is 6.07 Å². The third-order valence-corrected chi connectivity index (χ3v) is 5.10. The fraction of sp³-hybridized carbons (Fsp3) is 0.304. The van der Waals surface area contributed by atoms with Crippen LogP contribution in [0, 0.1) is 5.82 Å². The minimum atomic E-state index is -1.03. The molecule has 31 heavy (non-hydrogen) atoms. The maximum absolute atomic E-state index is 14.1. The summed E-state index contributed by atoms with van der Waals surface area (Å²) in [5.74, 6) is -1.42. The highest BCUT2D eigenvalue weighted by Crippen LogP contribution is 2.31. The zero-order chi connectivity index (χ0) is 22.6. The van der Waals surface area contributed by atoms with Gasteiger partial charge in [0.15, 0.2) is 5.69 Å². The first kappa shape index (κ1) is 22.6. The van der Waals surface area contributed by atoms with E-state index in [1.165, 1.54) is 28.5 Å². The van der Waals surface area contributed by atoms with Crippen LogP contribution in [0.25, 0.3) is 0 Å². The lowest BCUT2D eigenvalue weighted by Gasteiger charge is -2.33. The van der Waals surface area contributed by atoms with Gasteiger partial charge >= 0.3 is 0 Å². The van der Waals surface area contributed by atoms with Crippen molar-refractivity contribution in [1.29, 1.82) is 0 Å². The Morgan fingerprint density at radius 3 is 2.42 bits per heavy atom. The number of carbonyl (C=O) groups is 2. The third kappa shape index (κ3) is 5.52. The van der Waals surface area contributed by atoms with E-state index < -0.39 is 23.3 Å². The largest absolute Gasteiger partial charge is 0.349 e. The molecule has 1 aromatic heterocycles. The number of benzene rings is 2. The van der Waals surface area contributed by atoms with Gasteiger partial charge in [0, 0.05) is 16.6 Å². The van der Waals surface area contributed by atoms with E-state index in [4.69, 9.17) is 0 Å². The third-order valence-electron chi connectivity index (χ3n) is 4.59. The average Bonchev–Trinajstić information content (AvgIpc) is 3.25. The number of nitrogens with zero attached hydrogens (tertiary/aromatic N) is 3. The lowest BCUT2D eigenvalue weighted by Crippen LogP contribution is -2.49. The standard InChI is InChI=1S/C23H25FN4O2S/c1-5-15-9-11-16(12-10-15)20(21(29)25-23(2,3)4)28(18-8-6-7-17(24)13-18)22(30)19-14-31-27-26-19/h6-14,20H,5H2,1-4H3,(H,25,29)/t20-/m1/s1. The number of hydrogen-bond donors (Lipinski definition) is 1. The summed E-state index contributed by atoms with van der Waals surface area (Å²) in [5.41, 5.74) is 1.53. The molecule has 0 radical (unpaired) electrons. The first-order valence-electron chi connectivity index (χ1n) is 9.96. The molecule has 6 nitrogen and oxygen atoms in total. The molecule has 2 aromatic carbocycles. The van der Waals surface area contributed by atoms with Crippen molar-refractivity contribution in [1.82, 2.24) is 14.9 Å². The van der Waals surface area contributed by atoms with Gasteiger partial charge in [-0.1, -0.05) is 41.7 Å². The molecule has 2 amide bonds.